The molecule has 0 N–H and O–H groups in total. The van der Waals surface area contributed by atoms with E-state index in [4.69, 9.17) is 10.5 Å². The summed E-state index contributed by atoms with van der Waals surface area (Å²) in [5.41, 5.74) is 0.959. The average Bonchev–Trinajstić information content (AvgIpc) is 2.19. The van der Waals surface area contributed by atoms with Crippen LogP contribution >= 0.6 is 0 Å². The molecule has 0 aliphatic rings. The molecule has 15 heavy (non-hydrogen) atoms. The molecule has 0 bridgehead atoms. The van der Waals surface area contributed by atoms with Crippen LogP contribution in [0.1, 0.15) is 11.6 Å². The maximum absolute atomic E-state index is 9.17. The summed E-state index contributed by atoms with van der Waals surface area (Å²) in [6.45, 7) is 0.327. The summed E-state index contributed by atoms with van der Waals surface area (Å²) < 4.78 is 0.372. The molecule has 0 radical (unpaired) electrons. The Labute approximate surface area is 90.4 Å². The van der Waals surface area contributed by atoms with Crippen molar-refractivity contribution in [3.8, 4) is 12.1 Å². The van der Waals surface area contributed by atoms with Crippen LogP contribution in [0.3, 0.4) is 0 Å². The fourth-order valence-corrected chi connectivity index (χ4v) is 1.54. The van der Waals surface area contributed by atoms with Crippen LogP contribution < -0.4 is 0 Å². The molecule has 0 saturated carbocycles. The highest BCUT2D eigenvalue weighted by atomic mass is 15.3. The Bertz CT molecular complexity index is 395. The lowest BCUT2D eigenvalue weighted by atomic mass is 10.1. The molecule has 0 amide bonds. The minimum absolute atomic E-state index is 0.286. The van der Waals surface area contributed by atoms with Crippen molar-refractivity contribution in [2.24, 2.45) is 0 Å². The second kappa shape index (κ2) is 4.59. The Morgan fingerprint density at radius 2 is 1.80 bits per heavy atom. The first-order valence-electron chi connectivity index (χ1n) is 4.76. The zero-order chi connectivity index (χ0) is 11.3. The number of benzene rings is 1. The molecular formula is C12H14N3+. The fourth-order valence-electron chi connectivity index (χ4n) is 1.54. The van der Waals surface area contributed by atoms with Gasteiger partial charge < -0.3 is 0 Å². The number of hydrogen-bond donors (Lipinski definition) is 0. The van der Waals surface area contributed by atoms with Gasteiger partial charge in [-0.05, 0) is 0 Å². The Balaban J connectivity index is 3.02. The summed E-state index contributed by atoms with van der Waals surface area (Å²) in [6, 6.07) is 13.7. The molecule has 0 spiro atoms. The highest BCUT2D eigenvalue weighted by molar-refractivity contribution is 5.22. The van der Waals surface area contributed by atoms with Gasteiger partial charge in [-0.15, -0.1) is 0 Å². The third-order valence-electron chi connectivity index (χ3n) is 2.41. The van der Waals surface area contributed by atoms with Crippen LogP contribution in [0.5, 0.6) is 0 Å². The zero-order valence-corrected chi connectivity index (χ0v) is 9.01. The predicted molar refractivity (Wildman–Crippen MR) is 57.4 cm³/mol. The smallest absolute Gasteiger partial charge is 0.202 e. The molecule has 1 aromatic rings. The van der Waals surface area contributed by atoms with Crippen LogP contribution in [0, 0.1) is 22.7 Å². The minimum Gasteiger partial charge on any atom is -0.299 e. The van der Waals surface area contributed by atoms with Crippen molar-refractivity contribution < 1.29 is 4.48 Å². The van der Waals surface area contributed by atoms with Crippen LogP contribution in [0.15, 0.2) is 30.3 Å². The largest absolute Gasteiger partial charge is 0.299 e. The summed E-state index contributed by atoms with van der Waals surface area (Å²) in [4.78, 5) is 0. The van der Waals surface area contributed by atoms with Crippen molar-refractivity contribution in [1.29, 1.82) is 10.5 Å². The molecular weight excluding hydrogens is 186 g/mol. The lowest BCUT2D eigenvalue weighted by Gasteiger charge is -2.31. The molecule has 0 saturated heterocycles. The van der Waals surface area contributed by atoms with Gasteiger partial charge in [-0.2, -0.15) is 10.5 Å². The number of nitriles is 2. The van der Waals surface area contributed by atoms with Crippen LogP contribution in [0.25, 0.3) is 0 Å². The number of hydrogen-bond acceptors (Lipinski definition) is 2. The van der Waals surface area contributed by atoms with Crippen molar-refractivity contribution in [2.75, 3.05) is 20.6 Å². The van der Waals surface area contributed by atoms with Crippen LogP contribution in [-0.4, -0.2) is 25.1 Å². The normalized spacial score (nSPS) is 12.5. The van der Waals surface area contributed by atoms with Gasteiger partial charge in [0.15, 0.2) is 6.54 Å². The lowest BCUT2D eigenvalue weighted by Crippen LogP contribution is -2.42. The third-order valence-corrected chi connectivity index (χ3v) is 2.41. The summed E-state index contributed by atoms with van der Waals surface area (Å²) in [5, 5.41) is 17.9. The van der Waals surface area contributed by atoms with Gasteiger partial charge in [0.25, 0.3) is 0 Å². The molecule has 0 fully saturated rings. The summed E-state index contributed by atoms with van der Waals surface area (Å²) in [6.07, 6.45) is 0. The van der Waals surface area contributed by atoms with Crippen LogP contribution in [0.2, 0.25) is 0 Å². The predicted octanol–water partition coefficient (Wildman–Crippen LogP) is 1.85. The Morgan fingerprint density at radius 1 is 1.20 bits per heavy atom. The van der Waals surface area contributed by atoms with Gasteiger partial charge in [0.1, 0.15) is 12.1 Å². The standard InChI is InChI=1S/C12H14N3/c1-15(2,9-8-13)12(10-14)11-6-4-3-5-7-11/h3-7,12H,9H2,1-2H3/q+1. The second-order valence-electron chi connectivity index (χ2n) is 4.04. The highest BCUT2D eigenvalue weighted by Crippen LogP contribution is 2.23. The SMILES string of the molecule is C[N+](C)(CC#N)C(C#N)c1ccccc1. The molecule has 1 unspecified atom stereocenters. The number of rotatable bonds is 3. The molecule has 1 atom stereocenters. The Morgan fingerprint density at radius 3 is 2.27 bits per heavy atom. The van der Waals surface area contributed by atoms with Crippen LogP contribution in [-0.2, 0) is 0 Å². The molecule has 3 nitrogen and oxygen atoms in total. The molecule has 0 aliphatic heterocycles. The van der Waals surface area contributed by atoms with Crippen molar-refractivity contribution in [1.82, 2.24) is 0 Å². The van der Waals surface area contributed by atoms with E-state index in [0.29, 0.717) is 11.0 Å². The monoisotopic (exact) mass is 200 g/mol. The molecule has 0 heterocycles. The first-order valence-corrected chi connectivity index (χ1v) is 4.76. The van der Waals surface area contributed by atoms with Crippen molar-refractivity contribution in [2.45, 2.75) is 6.04 Å². The highest BCUT2D eigenvalue weighted by Gasteiger charge is 2.29. The molecule has 0 aliphatic carbocycles. The van der Waals surface area contributed by atoms with Gasteiger partial charge in [0.2, 0.25) is 6.04 Å². The molecule has 0 aromatic heterocycles. The van der Waals surface area contributed by atoms with Gasteiger partial charge in [-0.25, -0.2) is 0 Å². The van der Waals surface area contributed by atoms with E-state index in [0.717, 1.165) is 5.56 Å². The van der Waals surface area contributed by atoms with Crippen molar-refractivity contribution >= 4 is 0 Å². The van der Waals surface area contributed by atoms with Gasteiger partial charge in [-0.3, -0.25) is 4.48 Å². The molecule has 1 rings (SSSR count). The van der Waals surface area contributed by atoms with E-state index in [1.165, 1.54) is 0 Å². The summed E-state index contributed by atoms with van der Waals surface area (Å²) >= 11 is 0. The summed E-state index contributed by atoms with van der Waals surface area (Å²) in [5.74, 6) is 0. The van der Waals surface area contributed by atoms with E-state index in [-0.39, 0.29) is 6.04 Å². The lowest BCUT2D eigenvalue weighted by molar-refractivity contribution is -0.906. The maximum atomic E-state index is 9.17. The number of nitrogens with zero attached hydrogens (tertiary/aromatic N) is 3. The first kappa shape index (κ1) is 11.2. The van der Waals surface area contributed by atoms with Gasteiger partial charge in [0.05, 0.1) is 14.1 Å². The Hall–Kier alpha value is -1.84. The van der Waals surface area contributed by atoms with E-state index in [1.54, 1.807) is 0 Å². The zero-order valence-electron chi connectivity index (χ0n) is 9.01. The average molecular weight is 200 g/mol. The van der Waals surface area contributed by atoms with Crippen LogP contribution in [0.4, 0.5) is 0 Å². The number of quaternary nitrogens is 1. The topological polar surface area (TPSA) is 47.6 Å². The van der Waals surface area contributed by atoms with Crippen molar-refractivity contribution in [3.63, 3.8) is 0 Å². The second-order valence-corrected chi connectivity index (χ2v) is 4.04. The van der Waals surface area contributed by atoms with Gasteiger partial charge >= 0.3 is 0 Å². The molecule has 1 aromatic carbocycles. The molecule has 76 valence electrons. The van der Waals surface area contributed by atoms with E-state index in [9.17, 15) is 0 Å². The fraction of sp³-hybridized carbons (Fsp3) is 0.333. The van der Waals surface area contributed by atoms with E-state index < -0.39 is 0 Å². The summed E-state index contributed by atoms with van der Waals surface area (Å²) in [7, 11) is 3.79. The van der Waals surface area contributed by atoms with E-state index in [2.05, 4.69) is 12.1 Å². The third kappa shape index (κ3) is 2.56. The minimum atomic E-state index is -0.286. The quantitative estimate of drug-likeness (QED) is 0.552. The first-order chi connectivity index (χ1) is 7.11. The van der Waals surface area contributed by atoms with Gasteiger partial charge in [0, 0.05) is 5.56 Å². The molecule has 3 heteroatoms. The maximum Gasteiger partial charge on any atom is 0.202 e. The van der Waals surface area contributed by atoms with Crippen molar-refractivity contribution in [3.05, 3.63) is 35.9 Å². The van der Waals surface area contributed by atoms with E-state index in [1.807, 2.05) is 44.4 Å². The Kier molecular flexibility index (Phi) is 3.44. The van der Waals surface area contributed by atoms with E-state index >= 15 is 0 Å². The van der Waals surface area contributed by atoms with Gasteiger partial charge in [-0.1, -0.05) is 30.3 Å².